The largest absolute Gasteiger partial charge is 0.310 e. The van der Waals surface area contributed by atoms with Gasteiger partial charge in [0.05, 0.1) is 44.1 Å². The van der Waals surface area contributed by atoms with Gasteiger partial charge in [-0.05, 0) is 155 Å². The number of aromatic nitrogens is 4. The molecule has 0 bridgehead atoms. The zero-order chi connectivity index (χ0) is 60.8. The van der Waals surface area contributed by atoms with Crippen molar-refractivity contribution in [3.05, 3.63) is 322 Å². The van der Waals surface area contributed by atoms with Gasteiger partial charge in [-0.2, -0.15) is 0 Å². The van der Waals surface area contributed by atoms with E-state index in [1.54, 1.807) is 0 Å². The highest BCUT2D eigenvalue weighted by atomic mass is 15.2. The average Bonchev–Trinajstić information content (AvgIpc) is 1.50. The van der Waals surface area contributed by atoms with Crippen LogP contribution >= 0.6 is 0 Å². The standard InChI is InChI=1S/C86H53N7/c1-8-26-54(27-9-1)55-48-71-69-50-62(89(56-28-10-2-11-29-56)57-30-12-3-13-31-57)44-46-75(69)92-83(71)73(49-55)77-81-82(88-80-68-43-25-23-41-66(68)65-40-22-24-42-67(65)79(80)87-81)78-74-53-64(91(60-36-18-6-19-37-60)61-38-20-7-21-39-61)52-72-70-51-63(45-47-76(70)93(84(72)74)86(78)85(77)92)90(58-32-14-4-15-33-58)59-34-16-5-17-35-59/h1-53H. The summed E-state index contributed by atoms with van der Waals surface area (Å²) >= 11 is 0. The number of anilines is 9. The lowest BCUT2D eigenvalue weighted by atomic mass is 9.96. The first kappa shape index (κ1) is 51.3. The van der Waals surface area contributed by atoms with Crippen LogP contribution in [0.25, 0.3) is 131 Å². The molecule has 0 atom stereocenters. The van der Waals surface area contributed by atoms with Crippen molar-refractivity contribution >= 4 is 171 Å². The van der Waals surface area contributed by atoms with E-state index in [1.165, 1.54) is 5.39 Å². The molecule has 20 aromatic rings. The highest BCUT2D eigenvalue weighted by Crippen LogP contribution is 2.54. The summed E-state index contributed by atoms with van der Waals surface area (Å²) < 4.78 is 5.19. The molecule has 20 rings (SSSR count). The number of fused-ring (bicyclic) bond motifs is 22. The van der Waals surface area contributed by atoms with E-state index in [0.29, 0.717) is 0 Å². The zero-order valence-electron chi connectivity index (χ0n) is 50.2. The lowest BCUT2D eigenvalue weighted by molar-refractivity contribution is 1.28. The second-order valence-electron chi connectivity index (χ2n) is 24.4. The number of rotatable bonds is 10. The minimum Gasteiger partial charge on any atom is -0.310 e. The van der Waals surface area contributed by atoms with Gasteiger partial charge < -0.3 is 23.5 Å². The van der Waals surface area contributed by atoms with Gasteiger partial charge in [0.2, 0.25) is 0 Å². The van der Waals surface area contributed by atoms with Gasteiger partial charge in [-0.25, -0.2) is 9.97 Å². The number of hydrogen-bond donors (Lipinski definition) is 0. The minimum absolute atomic E-state index is 0.867. The molecule has 15 aromatic carbocycles. The maximum absolute atomic E-state index is 6.16. The van der Waals surface area contributed by atoms with E-state index in [0.717, 1.165) is 177 Å². The van der Waals surface area contributed by atoms with E-state index >= 15 is 0 Å². The molecule has 93 heavy (non-hydrogen) atoms. The van der Waals surface area contributed by atoms with Crippen LogP contribution in [0.15, 0.2) is 322 Å². The van der Waals surface area contributed by atoms with Crippen molar-refractivity contribution in [2.24, 2.45) is 0 Å². The molecule has 0 aliphatic rings. The average molecular weight is 1180 g/mol. The van der Waals surface area contributed by atoms with Gasteiger partial charge in [-0.15, -0.1) is 0 Å². The Morgan fingerprint density at radius 1 is 0.194 bits per heavy atom. The Bertz CT molecular complexity index is 6220. The van der Waals surface area contributed by atoms with Crippen molar-refractivity contribution in [3.8, 4) is 11.1 Å². The normalized spacial score (nSPS) is 12.1. The molecule has 0 fully saturated rings. The van der Waals surface area contributed by atoms with Gasteiger partial charge in [-0.1, -0.05) is 188 Å². The lowest BCUT2D eigenvalue weighted by Crippen LogP contribution is -2.09. The van der Waals surface area contributed by atoms with Crippen LogP contribution in [0.1, 0.15) is 0 Å². The SMILES string of the molecule is c1ccc(-c2cc3c4cc(N(c5ccccc5)c5ccccc5)ccc4n4c3c(c2)c2c3nc5c6ccccc6c6ccccc6c5nc3c3c5cc(N(c6ccccc6)c6ccccc6)cc6c7cc(N(c8ccccc8)c8ccccc8)ccc7n(c65)c3c24)cc1. The Kier molecular flexibility index (Phi) is 11.0. The zero-order valence-corrected chi connectivity index (χ0v) is 50.2. The van der Waals surface area contributed by atoms with Crippen LogP contribution in [-0.4, -0.2) is 18.8 Å². The van der Waals surface area contributed by atoms with Gasteiger partial charge in [-0.3, -0.25) is 0 Å². The molecule has 0 amide bonds. The summed E-state index contributed by atoms with van der Waals surface area (Å²) in [5, 5.41) is 13.4. The van der Waals surface area contributed by atoms with E-state index in [2.05, 4.69) is 345 Å². The molecule has 0 aliphatic carbocycles. The minimum atomic E-state index is 0.867. The summed E-state index contributed by atoms with van der Waals surface area (Å²) in [6.07, 6.45) is 0. The summed E-state index contributed by atoms with van der Waals surface area (Å²) in [5.74, 6) is 0. The third-order valence-corrected chi connectivity index (χ3v) is 19.4. The molecule has 5 heterocycles. The third-order valence-electron chi connectivity index (χ3n) is 19.4. The van der Waals surface area contributed by atoms with Crippen LogP contribution in [-0.2, 0) is 0 Å². The molecule has 0 saturated carbocycles. The molecule has 0 aliphatic heterocycles. The first-order valence-electron chi connectivity index (χ1n) is 31.8. The molecule has 432 valence electrons. The fraction of sp³-hybridized carbons (Fsp3) is 0. The molecule has 0 unspecified atom stereocenters. The number of hydrogen-bond acceptors (Lipinski definition) is 5. The molecular weight excluding hydrogens is 1130 g/mol. The van der Waals surface area contributed by atoms with Gasteiger partial charge in [0, 0.05) is 105 Å². The summed E-state index contributed by atoms with van der Waals surface area (Å²) in [5.41, 5.74) is 22.1. The van der Waals surface area contributed by atoms with Crippen LogP contribution in [0, 0.1) is 0 Å². The molecule has 5 aromatic heterocycles. The first-order valence-corrected chi connectivity index (χ1v) is 31.8. The van der Waals surface area contributed by atoms with Crippen LogP contribution < -0.4 is 14.7 Å². The number of benzene rings is 15. The maximum Gasteiger partial charge on any atom is 0.100 e. The van der Waals surface area contributed by atoms with E-state index < -0.39 is 0 Å². The topological polar surface area (TPSA) is 44.3 Å². The number of para-hydroxylation sites is 6. The predicted molar refractivity (Wildman–Crippen MR) is 391 cm³/mol. The quantitative estimate of drug-likeness (QED) is 0.101. The summed E-state index contributed by atoms with van der Waals surface area (Å²) in [6, 6.07) is 117. The van der Waals surface area contributed by atoms with Crippen LogP contribution in [0.3, 0.4) is 0 Å². The Hall–Kier alpha value is -12.6. The van der Waals surface area contributed by atoms with Gasteiger partial charge in [0.25, 0.3) is 0 Å². The van der Waals surface area contributed by atoms with E-state index in [-0.39, 0.29) is 0 Å². The number of nitrogens with zero attached hydrogens (tertiary/aromatic N) is 7. The molecule has 0 N–H and O–H groups in total. The molecule has 0 spiro atoms. The van der Waals surface area contributed by atoms with Crippen molar-refractivity contribution in [3.63, 3.8) is 0 Å². The molecule has 0 saturated heterocycles. The maximum atomic E-state index is 6.16. The summed E-state index contributed by atoms with van der Waals surface area (Å²) in [4.78, 5) is 19.5. The van der Waals surface area contributed by atoms with E-state index in [9.17, 15) is 0 Å². The van der Waals surface area contributed by atoms with Gasteiger partial charge in [0.1, 0.15) is 11.0 Å². The highest BCUT2D eigenvalue weighted by Gasteiger charge is 2.32. The smallest absolute Gasteiger partial charge is 0.100 e. The van der Waals surface area contributed by atoms with Crippen LogP contribution in [0.5, 0.6) is 0 Å². The van der Waals surface area contributed by atoms with Crippen molar-refractivity contribution in [1.82, 2.24) is 18.8 Å². The molecule has 7 nitrogen and oxygen atoms in total. The van der Waals surface area contributed by atoms with Gasteiger partial charge in [0.15, 0.2) is 0 Å². The molecular formula is C86H53N7. The Balaban J connectivity index is 1.01. The van der Waals surface area contributed by atoms with Gasteiger partial charge >= 0.3 is 0 Å². The van der Waals surface area contributed by atoms with Crippen molar-refractivity contribution in [2.45, 2.75) is 0 Å². The predicted octanol–water partition coefficient (Wildman–Crippen LogP) is 23.5. The van der Waals surface area contributed by atoms with Crippen molar-refractivity contribution in [2.75, 3.05) is 14.7 Å². The van der Waals surface area contributed by atoms with Crippen molar-refractivity contribution < 1.29 is 0 Å². The van der Waals surface area contributed by atoms with E-state index in [4.69, 9.17) is 9.97 Å². The third kappa shape index (κ3) is 7.53. The Morgan fingerprint density at radius 2 is 0.495 bits per heavy atom. The van der Waals surface area contributed by atoms with Crippen LogP contribution in [0.2, 0.25) is 0 Å². The Labute approximate surface area is 534 Å². The monoisotopic (exact) mass is 1180 g/mol. The first-order chi connectivity index (χ1) is 46.2. The molecule has 0 radical (unpaired) electrons. The summed E-state index contributed by atoms with van der Waals surface area (Å²) in [6.45, 7) is 0. The second-order valence-corrected chi connectivity index (χ2v) is 24.4. The fourth-order valence-electron chi connectivity index (χ4n) is 15.5. The highest BCUT2D eigenvalue weighted by molar-refractivity contribution is 6.41. The van der Waals surface area contributed by atoms with Crippen LogP contribution in [0.4, 0.5) is 51.2 Å². The van der Waals surface area contributed by atoms with Crippen molar-refractivity contribution in [1.29, 1.82) is 0 Å². The summed E-state index contributed by atoms with van der Waals surface area (Å²) in [7, 11) is 0. The Morgan fingerprint density at radius 3 is 0.892 bits per heavy atom. The fourth-order valence-corrected chi connectivity index (χ4v) is 15.5. The lowest BCUT2D eigenvalue weighted by Gasteiger charge is -2.26. The molecule has 7 heteroatoms. The van der Waals surface area contributed by atoms with E-state index in [1.807, 2.05) is 0 Å². The second kappa shape index (κ2) is 20.0.